The Kier molecular flexibility index (Phi) is 4.66. The molecule has 0 saturated heterocycles. The molecule has 0 radical (unpaired) electrons. The highest BCUT2D eigenvalue weighted by molar-refractivity contribution is 7.90. The molecule has 28 heavy (non-hydrogen) atoms. The Morgan fingerprint density at radius 1 is 0.964 bits per heavy atom. The Balaban J connectivity index is 2.25. The maximum Gasteiger partial charge on any atom is 0.417 e. The van der Waals surface area contributed by atoms with Gasteiger partial charge in [0.25, 0.3) is 0 Å². The monoisotopic (exact) mass is 410 g/mol. The van der Waals surface area contributed by atoms with Crippen molar-refractivity contribution in [1.82, 2.24) is 0 Å². The number of benzene rings is 2. The maximum atomic E-state index is 13.5. The van der Waals surface area contributed by atoms with Crippen LogP contribution in [0.2, 0.25) is 0 Å². The highest BCUT2D eigenvalue weighted by Gasteiger charge is 2.45. The normalized spacial score (nSPS) is 17.0. The number of ether oxygens (including phenoxy) is 1. The van der Waals surface area contributed by atoms with Gasteiger partial charge in [0.2, 0.25) is 5.78 Å². The minimum atomic E-state index is -4.65. The van der Waals surface area contributed by atoms with Crippen LogP contribution in [0.25, 0.3) is 11.3 Å². The molecule has 148 valence electrons. The summed E-state index contributed by atoms with van der Waals surface area (Å²) < 4.78 is 69.5. The maximum absolute atomic E-state index is 13.5. The van der Waals surface area contributed by atoms with Gasteiger partial charge >= 0.3 is 6.18 Å². The Morgan fingerprint density at radius 2 is 1.54 bits per heavy atom. The molecule has 0 aliphatic carbocycles. The smallest absolute Gasteiger partial charge is 0.417 e. The summed E-state index contributed by atoms with van der Waals surface area (Å²) in [6, 6.07) is 10.3. The number of Topliss-reactive ketones (excluding diaryl/α,β-unsaturated/α-hetero) is 1. The van der Waals surface area contributed by atoms with Crippen LogP contribution in [0.5, 0.6) is 0 Å². The van der Waals surface area contributed by atoms with E-state index in [2.05, 4.69) is 0 Å². The van der Waals surface area contributed by atoms with E-state index < -0.39 is 33.0 Å². The van der Waals surface area contributed by atoms with Crippen LogP contribution in [0.3, 0.4) is 0 Å². The molecular formula is C20H17F3O4S. The minimum absolute atomic E-state index is 0.00764. The van der Waals surface area contributed by atoms with E-state index in [1.54, 1.807) is 0 Å². The SMILES string of the molecule is CC1(C)OC(c2ccc(S(C)(=O)=O)cc2)=C(c2ccccc2C(F)(F)F)C1=O. The lowest BCUT2D eigenvalue weighted by molar-refractivity contribution is -0.137. The van der Waals surface area contributed by atoms with Crippen molar-refractivity contribution in [1.29, 1.82) is 0 Å². The van der Waals surface area contributed by atoms with Gasteiger partial charge in [-0.2, -0.15) is 13.2 Å². The Bertz CT molecular complexity index is 1080. The van der Waals surface area contributed by atoms with Gasteiger partial charge in [0, 0.05) is 17.4 Å². The minimum Gasteiger partial charge on any atom is -0.478 e. The molecule has 0 unspecified atom stereocenters. The summed E-state index contributed by atoms with van der Waals surface area (Å²) >= 11 is 0. The predicted molar refractivity (Wildman–Crippen MR) is 98.0 cm³/mol. The molecule has 0 saturated carbocycles. The molecular weight excluding hydrogens is 393 g/mol. The fourth-order valence-electron chi connectivity index (χ4n) is 3.01. The van der Waals surface area contributed by atoms with Crippen LogP contribution in [0.15, 0.2) is 53.4 Å². The third kappa shape index (κ3) is 3.56. The Labute approximate surface area is 160 Å². The van der Waals surface area contributed by atoms with Gasteiger partial charge < -0.3 is 4.74 Å². The summed E-state index contributed by atoms with van der Waals surface area (Å²) in [7, 11) is -3.44. The van der Waals surface area contributed by atoms with Crippen LogP contribution in [0, 0.1) is 0 Å². The van der Waals surface area contributed by atoms with Crippen molar-refractivity contribution in [3.63, 3.8) is 0 Å². The van der Waals surface area contributed by atoms with Crippen molar-refractivity contribution >= 4 is 27.0 Å². The number of hydrogen-bond donors (Lipinski definition) is 0. The standard InChI is InChI=1S/C20H17F3O4S/c1-19(2)18(24)16(14-6-4-5-7-15(14)20(21,22)23)17(27-19)12-8-10-13(11-9-12)28(3,25)26/h4-11H,1-3H3. The van der Waals surface area contributed by atoms with Crippen LogP contribution in [0.1, 0.15) is 30.5 Å². The van der Waals surface area contributed by atoms with Crippen molar-refractivity contribution in [3.05, 3.63) is 65.2 Å². The first-order valence-electron chi connectivity index (χ1n) is 8.27. The van der Waals surface area contributed by atoms with Gasteiger partial charge in [-0.3, -0.25) is 4.79 Å². The van der Waals surface area contributed by atoms with Crippen LogP contribution >= 0.6 is 0 Å². The lowest BCUT2D eigenvalue weighted by Gasteiger charge is -2.18. The number of halogens is 3. The number of carbonyl (C=O) groups is 1. The van der Waals surface area contributed by atoms with E-state index in [4.69, 9.17) is 4.74 Å². The van der Waals surface area contributed by atoms with Crippen molar-refractivity contribution in [2.24, 2.45) is 0 Å². The number of carbonyl (C=O) groups excluding carboxylic acids is 1. The lowest BCUT2D eigenvalue weighted by atomic mass is 9.90. The zero-order chi connectivity index (χ0) is 20.9. The van der Waals surface area contributed by atoms with Gasteiger partial charge in [-0.05, 0) is 44.2 Å². The number of alkyl halides is 3. The van der Waals surface area contributed by atoms with Gasteiger partial charge in [0.05, 0.1) is 16.0 Å². The van der Waals surface area contributed by atoms with E-state index in [0.717, 1.165) is 12.3 Å². The average molecular weight is 410 g/mol. The number of hydrogen-bond acceptors (Lipinski definition) is 4. The zero-order valence-corrected chi connectivity index (χ0v) is 16.1. The van der Waals surface area contributed by atoms with Gasteiger partial charge in [0.15, 0.2) is 15.4 Å². The number of rotatable bonds is 3. The van der Waals surface area contributed by atoms with E-state index in [9.17, 15) is 26.4 Å². The van der Waals surface area contributed by atoms with Gasteiger partial charge in [-0.1, -0.05) is 18.2 Å². The first kappa shape index (κ1) is 20.1. The molecule has 1 aliphatic rings. The van der Waals surface area contributed by atoms with Crippen LogP contribution in [-0.2, 0) is 25.5 Å². The lowest BCUT2D eigenvalue weighted by Crippen LogP contribution is -2.29. The van der Waals surface area contributed by atoms with Crippen LogP contribution < -0.4 is 0 Å². The molecule has 1 aliphatic heterocycles. The first-order chi connectivity index (χ1) is 12.8. The summed E-state index contributed by atoms with van der Waals surface area (Å²) in [4.78, 5) is 12.9. The summed E-state index contributed by atoms with van der Waals surface area (Å²) in [5.74, 6) is -0.585. The predicted octanol–water partition coefficient (Wildman–Crippen LogP) is 4.36. The summed E-state index contributed by atoms with van der Waals surface area (Å²) in [5.41, 5.74) is -2.42. The Morgan fingerprint density at radius 3 is 2.07 bits per heavy atom. The summed E-state index contributed by atoms with van der Waals surface area (Å²) in [6.45, 7) is 2.95. The summed E-state index contributed by atoms with van der Waals surface area (Å²) in [5, 5.41) is 0. The van der Waals surface area contributed by atoms with Crippen LogP contribution in [-0.4, -0.2) is 26.1 Å². The Hall–Kier alpha value is -2.61. The molecule has 2 aromatic rings. The average Bonchev–Trinajstić information content (AvgIpc) is 2.83. The molecule has 0 spiro atoms. The van der Waals surface area contributed by atoms with E-state index in [1.807, 2.05) is 0 Å². The molecule has 4 nitrogen and oxygen atoms in total. The first-order valence-corrected chi connectivity index (χ1v) is 10.2. The highest BCUT2D eigenvalue weighted by atomic mass is 32.2. The van der Waals surface area contributed by atoms with Crippen molar-refractivity contribution < 1.29 is 31.1 Å². The van der Waals surface area contributed by atoms with Crippen molar-refractivity contribution in [2.75, 3.05) is 6.26 Å². The summed E-state index contributed by atoms with van der Waals surface area (Å²) in [6.07, 6.45) is -3.60. The zero-order valence-electron chi connectivity index (χ0n) is 15.3. The highest BCUT2D eigenvalue weighted by Crippen LogP contribution is 2.45. The second-order valence-electron chi connectivity index (χ2n) is 6.99. The topological polar surface area (TPSA) is 60.4 Å². The quantitative estimate of drug-likeness (QED) is 0.755. The fraction of sp³-hybridized carbons (Fsp3) is 0.250. The molecule has 0 N–H and O–H groups in total. The van der Waals surface area contributed by atoms with Crippen molar-refractivity contribution in [2.45, 2.75) is 30.5 Å². The largest absolute Gasteiger partial charge is 0.478 e. The number of ketones is 1. The third-order valence-corrected chi connectivity index (χ3v) is 5.53. The molecule has 0 bridgehead atoms. The number of sulfone groups is 1. The second kappa shape index (κ2) is 6.48. The van der Waals surface area contributed by atoms with Crippen molar-refractivity contribution in [3.8, 4) is 0 Å². The molecule has 0 atom stereocenters. The molecule has 8 heteroatoms. The third-order valence-electron chi connectivity index (χ3n) is 4.40. The molecule has 3 rings (SSSR count). The van der Waals surface area contributed by atoms with Gasteiger partial charge in [0.1, 0.15) is 5.76 Å². The van der Waals surface area contributed by atoms with Crippen LogP contribution in [0.4, 0.5) is 13.2 Å². The van der Waals surface area contributed by atoms with E-state index in [1.165, 1.54) is 56.3 Å². The van der Waals surface area contributed by atoms with Gasteiger partial charge in [-0.25, -0.2) is 8.42 Å². The van der Waals surface area contributed by atoms with E-state index >= 15 is 0 Å². The molecule has 0 aromatic heterocycles. The molecule has 0 fully saturated rings. The van der Waals surface area contributed by atoms with E-state index in [0.29, 0.717) is 5.56 Å². The van der Waals surface area contributed by atoms with Gasteiger partial charge in [-0.15, -0.1) is 0 Å². The molecule has 0 amide bonds. The fourth-order valence-corrected chi connectivity index (χ4v) is 3.64. The van der Waals surface area contributed by atoms with E-state index in [-0.39, 0.29) is 21.8 Å². The second-order valence-corrected chi connectivity index (χ2v) is 9.00. The molecule has 1 heterocycles. The molecule has 2 aromatic carbocycles.